The van der Waals surface area contributed by atoms with Crippen molar-refractivity contribution >= 4 is 28.7 Å². The highest BCUT2D eigenvalue weighted by Gasteiger charge is 2.40. The van der Waals surface area contributed by atoms with Crippen molar-refractivity contribution in [3.8, 4) is 5.69 Å². The zero-order valence-corrected chi connectivity index (χ0v) is 21.5. The molecule has 184 valence electrons. The fraction of sp³-hybridized carbons (Fsp3) is 0.241. The van der Waals surface area contributed by atoms with Gasteiger partial charge >= 0.3 is 0 Å². The molecule has 0 bridgehead atoms. The van der Waals surface area contributed by atoms with Gasteiger partial charge in [-0.15, -0.1) is 0 Å². The van der Waals surface area contributed by atoms with E-state index in [9.17, 15) is 0 Å². The molecule has 0 saturated carbocycles. The van der Waals surface area contributed by atoms with E-state index < -0.39 is 0 Å². The van der Waals surface area contributed by atoms with E-state index in [0.717, 1.165) is 41.7 Å². The van der Waals surface area contributed by atoms with E-state index in [1.54, 1.807) is 0 Å². The third kappa shape index (κ3) is 5.06. The van der Waals surface area contributed by atoms with Crippen LogP contribution in [0, 0.1) is 0 Å². The second kappa shape index (κ2) is 10.8. The van der Waals surface area contributed by atoms with Gasteiger partial charge in [-0.25, -0.2) is 0 Å². The van der Waals surface area contributed by atoms with Gasteiger partial charge in [0, 0.05) is 62.3 Å². The maximum Gasteiger partial charge on any atom is 0.170 e. The lowest BCUT2D eigenvalue weighted by atomic mass is 10.0. The van der Waals surface area contributed by atoms with E-state index in [2.05, 4.69) is 117 Å². The van der Waals surface area contributed by atoms with Crippen molar-refractivity contribution in [1.29, 1.82) is 0 Å². The molecule has 0 aliphatic carbocycles. The number of nitrogens with one attached hydrogen (secondary N) is 2. The summed E-state index contributed by atoms with van der Waals surface area (Å²) >= 11 is 5.87. The molecule has 1 aliphatic heterocycles. The van der Waals surface area contributed by atoms with Gasteiger partial charge in [0.1, 0.15) is 0 Å². The normalized spacial score (nSPS) is 17.2. The van der Waals surface area contributed by atoms with Crippen molar-refractivity contribution in [2.24, 2.45) is 0 Å². The van der Waals surface area contributed by atoms with Crippen molar-refractivity contribution in [3.63, 3.8) is 0 Å². The van der Waals surface area contributed by atoms with Crippen LogP contribution in [-0.2, 0) is 0 Å². The Balaban J connectivity index is 1.42. The monoisotopic (exact) mass is 496 g/mol. The number of nitrogens with zero attached hydrogens (tertiary/aromatic N) is 4. The maximum absolute atomic E-state index is 5.87. The molecule has 0 radical (unpaired) electrons. The van der Waals surface area contributed by atoms with Crippen molar-refractivity contribution < 1.29 is 0 Å². The molecule has 5 rings (SSSR count). The van der Waals surface area contributed by atoms with Gasteiger partial charge < -0.3 is 25.0 Å². The first kappa shape index (κ1) is 23.9. The quantitative estimate of drug-likeness (QED) is 0.239. The van der Waals surface area contributed by atoms with Gasteiger partial charge in [0.15, 0.2) is 5.11 Å². The van der Waals surface area contributed by atoms with Crippen molar-refractivity contribution in [1.82, 2.24) is 19.8 Å². The second-order valence-corrected chi connectivity index (χ2v) is 9.57. The predicted molar refractivity (Wildman–Crippen MR) is 152 cm³/mol. The number of thiocarbonyl (C=S) groups is 1. The zero-order chi connectivity index (χ0) is 24.9. The number of rotatable bonds is 9. The summed E-state index contributed by atoms with van der Waals surface area (Å²) in [5.41, 5.74) is 5.62. The number of anilines is 2. The smallest absolute Gasteiger partial charge is 0.170 e. The highest BCUT2D eigenvalue weighted by Crippen LogP contribution is 2.39. The lowest BCUT2D eigenvalue weighted by Gasteiger charge is -2.29. The summed E-state index contributed by atoms with van der Waals surface area (Å²) in [5, 5.41) is 7.86. The number of para-hydroxylation sites is 1. The summed E-state index contributed by atoms with van der Waals surface area (Å²) in [7, 11) is 4.12. The van der Waals surface area contributed by atoms with Crippen molar-refractivity contribution in [2.45, 2.75) is 18.5 Å². The minimum absolute atomic E-state index is 0.0210. The average molecular weight is 497 g/mol. The van der Waals surface area contributed by atoms with Gasteiger partial charge in [-0.3, -0.25) is 4.98 Å². The van der Waals surface area contributed by atoms with Gasteiger partial charge in [-0.05, 0) is 79.3 Å². The summed E-state index contributed by atoms with van der Waals surface area (Å²) in [6.45, 7) is 1.71. The SMILES string of the molecule is CN(C)c1ccc(-n2cccc2[C@@H]2[C@@H](c3ccccn3)NC(=S)N2CCCNc2ccccc2)cc1. The molecule has 2 atom stereocenters. The molecule has 36 heavy (non-hydrogen) atoms. The molecule has 6 nitrogen and oxygen atoms in total. The molecule has 3 heterocycles. The van der Waals surface area contributed by atoms with E-state index >= 15 is 0 Å². The topological polar surface area (TPSA) is 48.4 Å². The van der Waals surface area contributed by atoms with Crippen LogP contribution in [0.2, 0.25) is 0 Å². The van der Waals surface area contributed by atoms with E-state index in [4.69, 9.17) is 12.2 Å². The predicted octanol–water partition coefficient (Wildman–Crippen LogP) is 5.41. The van der Waals surface area contributed by atoms with Gasteiger partial charge in [0.25, 0.3) is 0 Å². The molecule has 7 heteroatoms. The van der Waals surface area contributed by atoms with Crippen LogP contribution in [0.3, 0.4) is 0 Å². The van der Waals surface area contributed by atoms with E-state index in [-0.39, 0.29) is 12.1 Å². The molecule has 2 aromatic carbocycles. The van der Waals surface area contributed by atoms with Crippen LogP contribution in [0.4, 0.5) is 11.4 Å². The van der Waals surface area contributed by atoms with Crippen LogP contribution in [0.1, 0.15) is 29.9 Å². The maximum atomic E-state index is 5.87. The molecule has 0 spiro atoms. The van der Waals surface area contributed by atoms with Crippen LogP contribution in [-0.4, -0.2) is 46.7 Å². The number of benzene rings is 2. The largest absolute Gasteiger partial charge is 0.385 e. The van der Waals surface area contributed by atoms with Gasteiger partial charge in [0.2, 0.25) is 0 Å². The lowest BCUT2D eigenvalue weighted by molar-refractivity contribution is 0.307. The molecular formula is C29H32N6S. The molecule has 1 fully saturated rings. The van der Waals surface area contributed by atoms with E-state index in [1.165, 1.54) is 11.4 Å². The number of hydrogen-bond acceptors (Lipinski definition) is 4. The number of hydrogen-bond donors (Lipinski definition) is 2. The van der Waals surface area contributed by atoms with Crippen molar-refractivity contribution in [3.05, 3.63) is 109 Å². The molecule has 2 aromatic heterocycles. The first-order chi connectivity index (χ1) is 17.6. The van der Waals surface area contributed by atoms with Crippen LogP contribution in [0.25, 0.3) is 5.69 Å². The molecule has 4 aromatic rings. The molecule has 0 amide bonds. The van der Waals surface area contributed by atoms with Crippen LogP contribution in [0.15, 0.2) is 97.3 Å². The molecule has 0 unspecified atom stereocenters. The van der Waals surface area contributed by atoms with Crippen LogP contribution < -0.4 is 15.5 Å². The molecular weight excluding hydrogens is 464 g/mol. The highest BCUT2D eigenvalue weighted by atomic mass is 32.1. The first-order valence-electron chi connectivity index (χ1n) is 12.3. The van der Waals surface area contributed by atoms with Gasteiger partial charge in [-0.1, -0.05) is 24.3 Å². The zero-order valence-electron chi connectivity index (χ0n) is 20.7. The lowest BCUT2D eigenvalue weighted by Crippen LogP contribution is -2.32. The molecule has 1 saturated heterocycles. The first-order valence-corrected chi connectivity index (χ1v) is 12.7. The van der Waals surface area contributed by atoms with Crippen molar-refractivity contribution in [2.75, 3.05) is 37.4 Å². The fourth-order valence-electron chi connectivity index (χ4n) is 4.79. The Morgan fingerprint density at radius 3 is 2.44 bits per heavy atom. The molecule has 1 aliphatic rings. The Labute approximate surface area is 218 Å². The Morgan fingerprint density at radius 1 is 0.944 bits per heavy atom. The van der Waals surface area contributed by atoms with Gasteiger partial charge in [0.05, 0.1) is 17.8 Å². The Bertz CT molecular complexity index is 1270. The highest BCUT2D eigenvalue weighted by molar-refractivity contribution is 7.80. The summed E-state index contributed by atoms with van der Waals surface area (Å²) in [6.07, 6.45) is 4.94. The Hall–Kier alpha value is -3.84. The minimum atomic E-state index is -0.0320. The summed E-state index contributed by atoms with van der Waals surface area (Å²) in [6, 6.07) is 29.3. The number of pyridine rings is 1. The van der Waals surface area contributed by atoms with E-state index in [1.807, 2.05) is 24.4 Å². The van der Waals surface area contributed by atoms with Crippen LogP contribution in [0.5, 0.6) is 0 Å². The van der Waals surface area contributed by atoms with Gasteiger partial charge in [-0.2, -0.15) is 0 Å². The Morgan fingerprint density at radius 2 is 1.72 bits per heavy atom. The van der Waals surface area contributed by atoms with Crippen LogP contribution >= 0.6 is 12.2 Å². The second-order valence-electron chi connectivity index (χ2n) is 9.18. The number of aromatic nitrogens is 2. The average Bonchev–Trinajstić information content (AvgIpc) is 3.52. The summed E-state index contributed by atoms with van der Waals surface area (Å²) in [4.78, 5) is 9.12. The third-order valence-electron chi connectivity index (χ3n) is 6.60. The summed E-state index contributed by atoms with van der Waals surface area (Å²) < 4.78 is 2.27. The molecule has 2 N–H and O–H groups in total. The van der Waals surface area contributed by atoms with E-state index in [0.29, 0.717) is 0 Å². The fourth-order valence-corrected chi connectivity index (χ4v) is 5.12. The summed E-state index contributed by atoms with van der Waals surface area (Å²) in [5.74, 6) is 0. The third-order valence-corrected chi connectivity index (χ3v) is 6.96. The minimum Gasteiger partial charge on any atom is -0.385 e. The Kier molecular flexibility index (Phi) is 7.18. The standard InChI is InChI=1S/C29H32N6S/c1-33(2)23-14-16-24(17-15-23)34-20-8-13-26(34)28-27(25-12-6-7-18-31-25)32-29(36)35(28)21-9-19-30-22-10-4-3-5-11-22/h3-8,10-18,20,27-28,30H,9,19,21H2,1-2H3,(H,32,36)/t27-,28-/m1/s1.